The third kappa shape index (κ3) is 2.33. The maximum atomic E-state index is 8.08. The highest BCUT2D eigenvalue weighted by Gasteiger charge is 1.84. The highest BCUT2D eigenvalue weighted by molar-refractivity contribution is 5.69. The van der Waals surface area contributed by atoms with Gasteiger partial charge in [-0.1, -0.05) is 72.5 Å². The van der Waals surface area contributed by atoms with Gasteiger partial charge >= 0.3 is 0 Å². The largest absolute Gasteiger partial charge is 0.0629 e. The molecule has 0 fully saturated rings. The van der Waals surface area contributed by atoms with E-state index < -0.39 is 83.7 Å². The summed E-state index contributed by atoms with van der Waals surface area (Å²) in [6.45, 7) is 0. The summed E-state index contributed by atoms with van der Waals surface area (Å²) in [7, 11) is 0. The molecule has 0 heterocycles. The molecule has 2 aromatic carbocycles. The first-order valence-electron chi connectivity index (χ1n) is 9.75. The second kappa shape index (κ2) is 4.43. The minimum Gasteiger partial charge on any atom is -0.0622 e. The number of hydrogen-bond donors (Lipinski definition) is 0. The molecular weight excluding hydrogens is 168 g/mol. The summed E-state index contributed by atoms with van der Waals surface area (Å²) in [5, 5.41) is 0. The quantitative estimate of drug-likeness (QED) is 0.634. The molecule has 2 rings (SSSR count). The molecule has 0 amide bonds. The van der Waals surface area contributed by atoms with Gasteiger partial charge in [0.05, 0.1) is 16.4 Å². The van der Waals surface area contributed by atoms with Gasteiger partial charge in [-0.15, -0.1) is 0 Å². The van der Waals surface area contributed by atoms with E-state index in [4.69, 9.17) is 16.4 Å². The Kier molecular flexibility index (Phi) is 0.759. The molecule has 0 heteroatoms. The fourth-order valence-electron chi connectivity index (χ4n) is 0.750. The van der Waals surface area contributed by atoms with E-state index in [9.17, 15) is 0 Å². The summed E-state index contributed by atoms with van der Waals surface area (Å²) < 4.78 is 93.1. The number of hydrogen-bond acceptors (Lipinski definition) is 0. The summed E-state index contributed by atoms with van der Waals surface area (Å²) in [5.41, 5.74) is -1.15. The highest BCUT2D eigenvalue weighted by atomic mass is 13.9. The van der Waals surface area contributed by atoms with Crippen LogP contribution in [0.25, 0.3) is 12.1 Å². The van der Waals surface area contributed by atoms with Crippen molar-refractivity contribution in [3.05, 3.63) is 71.6 Å². The SMILES string of the molecule is [2H]C(=C([2H])c1c([2H])c([2H])c([2H])c([2H])c1[2H])c1c([2H])c([2H])c([2H])c([2H])c1[2H]. The summed E-state index contributed by atoms with van der Waals surface area (Å²) in [6.07, 6.45) is 0. The standard InChI is InChI=1S/C14H12/c1-3-7-13(8-4-1)11-12-14-9-5-2-6-10-14/h1-12H/i1D,2D,3D,4D,5D,6D,7D,8D,9D,10D,11D,12D. The third-order valence-corrected chi connectivity index (χ3v) is 1.31. The van der Waals surface area contributed by atoms with Crippen LogP contribution in [0.15, 0.2) is 60.4 Å². The monoisotopic (exact) mass is 192 g/mol. The minimum atomic E-state index is -0.833. The van der Waals surface area contributed by atoms with Crippen molar-refractivity contribution in [2.24, 2.45) is 0 Å². The molecule has 2 aromatic rings. The first-order chi connectivity index (χ1) is 11.9. The molecule has 0 aliphatic heterocycles. The Morgan fingerprint density at radius 3 is 1.43 bits per heavy atom. The van der Waals surface area contributed by atoms with Gasteiger partial charge in [-0.3, -0.25) is 0 Å². The molecule has 0 aliphatic rings. The smallest absolute Gasteiger partial charge is 0.0622 e. The van der Waals surface area contributed by atoms with E-state index in [1.54, 1.807) is 0 Å². The molecule has 0 aromatic heterocycles. The molecule has 0 radical (unpaired) electrons. The van der Waals surface area contributed by atoms with Crippen LogP contribution in [0.5, 0.6) is 0 Å². The van der Waals surface area contributed by atoms with Crippen molar-refractivity contribution in [1.29, 1.82) is 0 Å². The van der Waals surface area contributed by atoms with Crippen LogP contribution in [0.3, 0.4) is 0 Å². The van der Waals surface area contributed by atoms with E-state index in [-0.39, 0.29) is 0 Å². The predicted octanol–water partition coefficient (Wildman–Crippen LogP) is 3.86. The summed E-state index contributed by atoms with van der Waals surface area (Å²) in [6, 6.07) is -8.61. The van der Waals surface area contributed by atoms with Gasteiger partial charge in [-0.2, -0.15) is 0 Å². The molecule has 0 unspecified atom stereocenters. The molecular formula is C14H12. The molecule has 14 heavy (non-hydrogen) atoms. The lowest BCUT2D eigenvalue weighted by Gasteiger charge is -1.92. The normalized spacial score (nSPS) is 24.0. The third-order valence-electron chi connectivity index (χ3n) is 1.31. The Morgan fingerprint density at radius 2 is 1.07 bits per heavy atom. The lowest BCUT2D eigenvalue weighted by Crippen LogP contribution is -1.70. The van der Waals surface area contributed by atoms with Crippen LogP contribution in [-0.4, -0.2) is 0 Å². The Balaban J connectivity index is 2.91. The van der Waals surface area contributed by atoms with Crippen molar-refractivity contribution in [3.8, 4) is 0 Å². The molecule has 0 N–H and O–H groups in total. The van der Waals surface area contributed by atoms with Gasteiger partial charge in [0.2, 0.25) is 0 Å². The minimum absolute atomic E-state index is 0.576. The molecule has 0 spiro atoms. The molecule has 0 aliphatic carbocycles. The first kappa shape index (κ1) is 2.40. The zero-order valence-corrected chi connectivity index (χ0v) is 7.00. The van der Waals surface area contributed by atoms with Crippen LogP contribution in [0.2, 0.25) is 0 Å². The maximum Gasteiger partial charge on any atom is 0.0629 e. The zero-order valence-electron chi connectivity index (χ0n) is 19.0. The Hall–Kier alpha value is -1.82. The second-order valence-electron chi connectivity index (χ2n) is 2.25. The highest BCUT2D eigenvalue weighted by Crippen LogP contribution is 2.06. The second-order valence-corrected chi connectivity index (χ2v) is 2.25. The molecule has 0 bridgehead atoms. The Morgan fingerprint density at radius 1 is 0.714 bits per heavy atom. The van der Waals surface area contributed by atoms with Gasteiger partial charge in [-0.05, 0) is 11.1 Å². The molecule has 0 saturated heterocycles. The van der Waals surface area contributed by atoms with E-state index in [0.717, 1.165) is 0 Å². The van der Waals surface area contributed by atoms with Crippen molar-refractivity contribution in [2.75, 3.05) is 0 Å². The van der Waals surface area contributed by atoms with Crippen molar-refractivity contribution in [2.45, 2.75) is 0 Å². The Bertz CT molecular complexity index is 824. The maximum absolute atomic E-state index is 8.08. The fourth-order valence-corrected chi connectivity index (χ4v) is 0.750. The first-order valence-corrected chi connectivity index (χ1v) is 3.75. The van der Waals surface area contributed by atoms with Crippen LogP contribution in [0, 0.1) is 0 Å². The predicted molar refractivity (Wildman–Crippen MR) is 61.8 cm³/mol. The fraction of sp³-hybridized carbons (Fsp3) is 0. The number of benzene rings is 2. The molecule has 0 atom stereocenters. The zero-order chi connectivity index (χ0) is 20.1. The van der Waals surface area contributed by atoms with Gasteiger partial charge in [0.25, 0.3) is 0 Å². The molecule has 0 saturated carbocycles. The van der Waals surface area contributed by atoms with Crippen LogP contribution in [0.1, 0.15) is 27.6 Å². The van der Waals surface area contributed by atoms with E-state index in [0.29, 0.717) is 0 Å². The average Bonchev–Trinajstić information content (AvgIpc) is 2.61. The van der Waals surface area contributed by atoms with Gasteiger partial charge in [-0.25, -0.2) is 0 Å². The lowest BCUT2D eigenvalue weighted by atomic mass is 10.1. The van der Waals surface area contributed by atoms with Gasteiger partial charge in [0.1, 0.15) is 0 Å². The topological polar surface area (TPSA) is 0 Å². The van der Waals surface area contributed by atoms with Crippen LogP contribution < -0.4 is 0 Å². The van der Waals surface area contributed by atoms with E-state index in [1.807, 2.05) is 0 Å². The average molecular weight is 192 g/mol. The van der Waals surface area contributed by atoms with Crippen LogP contribution in [-0.2, 0) is 0 Å². The molecule has 68 valence electrons. The summed E-state index contributed by atoms with van der Waals surface area (Å²) in [5.74, 6) is 0. The van der Waals surface area contributed by atoms with Crippen molar-refractivity contribution in [1.82, 2.24) is 0 Å². The summed E-state index contributed by atoms with van der Waals surface area (Å²) in [4.78, 5) is 0. The van der Waals surface area contributed by atoms with Gasteiger partial charge in [0, 0.05) is 0 Å². The number of rotatable bonds is 2. The van der Waals surface area contributed by atoms with Crippen LogP contribution >= 0.6 is 0 Å². The van der Waals surface area contributed by atoms with Gasteiger partial charge < -0.3 is 0 Å². The molecule has 0 nitrogen and oxygen atoms in total. The van der Waals surface area contributed by atoms with E-state index in [1.165, 1.54) is 0 Å². The van der Waals surface area contributed by atoms with Gasteiger partial charge in [0.15, 0.2) is 0 Å². The van der Waals surface area contributed by atoms with E-state index >= 15 is 0 Å². The van der Waals surface area contributed by atoms with Crippen molar-refractivity contribution < 1.29 is 16.4 Å². The summed E-state index contributed by atoms with van der Waals surface area (Å²) >= 11 is 0. The van der Waals surface area contributed by atoms with Crippen molar-refractivity contribution >= 4 is 12.1 Å². The van der Waals surface area contributed by atoms with E-state index in [2.05, 4.69) is 0 Å². The lowest BCUT2D eigenvalue weighted by molar-refractivity contribution is 1.65. The van der Waals surface area contributed by atoms with Crippen molar-refractivity contribution in [3.63, 3.8) is 0 Å². The van der Waals surface area contributed by atoms with Crippen LogP contribution in [0.4, 0.5) is 0 Å². The Labute approximate surface area is 101 Å².